The van der Waals surface area contributed by atoms with E-state index in [1.165, 1.54) is 5.56 Å². The predicted octanol–water partition coefficient (Wildman–Crippen LogP) is 1.83. The van der Waals surface area contributed by atoms with E-state index >= 15 is 0 Å². The van der Waals surface area contributed by atoms with Gasteiger partial charge in [-0.1, -0.05) is 31.2 Å². The summed E-state index contributed by atoms with van der Waals surface area (Å²) in [4.78, 5) is 0. The third-order valence-electron chi connectivity index (χ3n) is 3.63. The Balaban J connectivity index is 2.03. The number of aryl methyl sites for hydroxylation is 1. The first-order chi connectivity index (χ1) is 8.62. The van der Waals surface area contributed by atoms with Gasteiger partial charge >= 0.3 is 0 Å². The van der Waals surface area contributed by atoms with Crippen LogP contribution in [0.4, 0.5) is 0 Å². The Labute approximate surface area is 109 Å². The molecule has 1 aromatic rings. The minimum Gasteiger partial charge on any atom is -0.385 e. The molecule has 1 fully saturated rings. The smallest absolute Gasteiger partial charge is 0.0884 e. The Morgan fingerprint density at radius 1 is 1.39 bits per heavy atom. The molecule has 1 aliphatic heterocycles. The van der Waals surface area contributed by atoms with Crippen LogP contribution in [0.15, 0.2) is 24.3 Å². The quantitative estimate of drug-likeness (QED) is 0.855. The molecular weight excluding hydrogens is 226 g/mol. The van der Waals surface area contributed by atoms with Gasteiger partial charge < -0.3 is 15.2 Å². The Kier molecular flexibility index (Phi) is 4.38. The Bertz CT molecular complexity index is 367. The molecule has 0 bridgehead atoms. The maximum Gasteiger partial charge on any atom is 0.0884 e. The lowest BCUT2D eigenvalue weighted by Gasteiger charge is -2.32. The van der Waals surface area contributed by atoms with Crippen molar-refractivity contribution in [3.63, 3.8) is 0 Å². The monoisotopic (exact) mass is 249 g/mol. The number of benzene rings is 1. The van der Waals surface area contributed by atoms with E-state index in [-0.39, 0.29) is 6.04 Å². The van der Waals surface area contributed by atoms with Crippen LogP contribution in [-0.4, -0.2) is 30.9 Å². The van der Waals surface area contributed by atoms with Gasteiger partial charge in [0.15, 0.2) is 0 Å². The first-order valence-electron chi connectivity index (χ1n) is 6.75. The van der Waals surface area contributed by atoms with Gasteiger partial charge in [-0.25, -0.2) is 0 Å². The fourth-order valence-corrected chi connectivity index (χ4v) is 2.45. The summed E-state index contributed by atoms with van der Waals surface area (Å²) in [7, 11) is 0. The van der Waals surface area contributed by atoms with Crippen molar-refractivity contribution in [2.75, 3.05) is 19.8 Å². The number of morpholine rings is 1. The fourth-order valence-electron chi connectivity index (χ4n) is 2.45. The molecule has 3 nitrogen and oxygen atoms in total. The number of ether oxygens (including phenoxy) is 1. The summed E-state index contributed by atoms with van der Waals surface area (Å²) in [5.41, 5.74) is 1.48. The van der Waals surface area contributed by atoms with Crippen LogP contribution in [0.2, 0.25) is 0 Å². The average Bonchev–Trinajstić information content (AvgIpc) is 2.39. The Hall–Kier alpha value is -0.900. The molecule has 1 saturated heterocycles. The maximum atomic E-state index is 10.6. The minimum absolute atomic E-state index is 0.236. The van der Waals surface area contributed by atoms with Gasteiger partial charge in [-0.2, -0.15) is 0 Å². The lowest BCUT2D eigenvalue weighted by Crippen LogP contribution is -2.45. The van der Waals surface area contributed by atoms with Gasteiger partial charge in [0.25, 0.3) is 0 Å². The molecule has 100 valence electrons. The fraction of sp³-hybridized carbons (Fsp3) is 0.600. The third-order valence-corrected chi connectivity index (χ3v) is 3.63. The highest BCUT2D eigenvalue weighted by molar-refractivity contribution is 5.27. The van der Waals surface area contributed by atoms with Crippen LogP contribution in [0, 0.1) is 0 Å². The van der Waals surface area contributed by atoms with E-state index < -0.39 is 5.60 Å². The van der Waals surface area contributed by atoms with E-state index in [4.69, 9.17) is 4.74 Å². The van der Waals surface area contributed by atoms with Crippen molar-refractivity contribution in [3.05, 3.63) is 35.4 Å². The van der Waals surface area contributed by atoms with Crippen molar-refractivity contribution < 1.29 is 9.84 Å². The first kappa shape index (κ1) is 13.5. The van der Waals surface area contributed by atoms with Crippen LogP contribution < -0.4 is 5.32 Å². The molecular formula is C15H23NO2. The highest BCUT2D eigenvalue weighted by Crippen LogP contribution is 2.26. The van der Waals surface area contributed by atoms with E-state index in [0.29, 0.717) is 13.0 Å². The molecule has 2 unspecified atom stereocenters. The predicted molar refractivity (Wildman–Crippen MR) is 72.6 cm³/mol. The van der Waals surface area contributed by atoms with E-state index in [0.717, 1.165) is 25.1 Å². The van der Waals surface area contributed by atoms with Gasteiger partial charge in [0.1, 0.15) is 0 Å². The van der Waals surface area contributed by atoms with Gasteiger partial charge in [-0.3, -0.25) is 0 Å². The van der Waals surface area contributed by atoms with Crippen LogP contribution in [0.5, 0.6) is 0 Å². The highest BCUT2D eigenvalue weighted by Gasteiger charge is 2.28. The van der Waals surface area contributed by atoms with Crippen molar-refractivity contribution in [2.24, 2.45) is 0 Å². The Morgan fingerprint density at radius 3 is 2.67 bits per heavy atom. The van der Waals surface area contributed by atoms with E-state index in [9.17, 15) is 5.11 Å². The molecule has 0 saturated carbocycles. The lowest BCUT2D eigenvalue weighted by molar-refractivity contribution is 0.00321. The highest BCUT2D eigenvalue weighted by atomic mass is 16.5. The molecule has 1 aromatic carbocycles. The van der Waals surface area contributed by atoms with Gasteiger partial charge in [0.2, 0.25) is 0 Å². The van der Waals surface area contributed by atoms with Crippen LogP contribution in [-0.2, 0) is 16.8 Å². The molecule has 3 heteroatoms. The average molecular weight is 249 g/mol. The maximum absolute atomic E-state index is 10.6. The van der Waals surface area contributed by atoms with E-state index in [1.54, 1.807) is 0 Å². The zero-order valence-electron chi connectivity index (χ0n) is 11.3. The molecule has 0 radical (unpaired) electrons. The summed E-state index contributed by atoms with van der Waals surface area (Å²) in [6.45, 7) is 6.34. The van der Waals surface area contributed by atoms with Gasteiger partial charge in [-0.05, 0) is 30.9 Å². The van der Waals surface area contributed by atoms with Crippen LogP contribution in [0.3, 0.4) is 0 Å². The number of rotatable bonds is 4. The summed E-state index contributed by atoms with van der Waals surface area (Å²) in [6.07, 6.45) is 1.71. The van der Waals surface area contributed by atoms with E-state index in [1.807, 2.05) is 19.1 Å². The number of hydrogen-bond acceptors (Lipinski definition) is 3. The number of aliphatic hydroxyl groups is 1. The van der Waals surface area contributed by atoms with Crippen molar-refractivity contribution in [2.45, 2.75) is 38.3 Å². The van der Waals surface area contributed by atoms with E-state index in [2.05, 4.69) is 24.4 Å². The SMILES string of the molecule is CCc1ccc(C(C)(O)CC2COCCN2)cc1. The molecule has 0 spiro atoms. The zero-order valence-corrected chi connectivity index (χ0v) is 11.3. The van der Waals surface area contributed by atoms with Crippen molar-refractivity contribution in [1.29, 1.82) is 0 Å². The summed E-state index contributed by atoms with van der Waals surface area (Å²) in [6, 6.07) is 8.48. The summed E-state index contributed by atoms with van der Waals surface area (Å²) < 4.78 is 5.43. The molecule has 1 aliphatic rings. The molecule has 18 heavy (non-hydrogen) atoms. The topological polar surface area (TPSA) is 41.5 Å². The van der Waals surface area contributed by atoms with Crippen LogP contribution in [0.25, 0.3) is 0 Å². The van der Waals surface area contributed by atoms with Gasteiger partial charge in [0.05, 0.1) is 18.8 Å². The van der Waals surface area contributed by atoms with Crippen molar-refractivity contribution in [1.82, 2.24) is 5.32 Å². The molecule has 2 N–H and O–H groups in total. The second-order valence-electron chi connectivity index (χ2n) is 5.25. The van der Waals surface area contributed by atoms with Crippen molar-refractivity contribution >= 4 is 0 Å². The number of hydrogen-bond donors (Lipinski definition) is 2. The third kappa shape index (κ3) is 3.31. The molecule has 2 rings (SSSR count). The van der Waals surface area contributed by atoms with Gasteiger partial charge in [0, 0.05) is 12.6 Å². The number of nitrogens with one attached hydrogen (secondary N) is 1. The zero-order chi connectivity index (χ0) is 13.0. The second-order valence-corrected chi connectivity index (χ2v) is 5.25. The molecule has 2 atom stereocenters. The van der Waals surface area contributed by atoms with Gasteiger partial charge in [-0.15, -0.1) is 0 Å². The molecule has 0 amide bonds. The largest absolute Gasteiger partial charge is 0.385 e. The summed E-state index contributed by atoms with van der Waals surface area (Å²) in [5, 5.41) is 14.0. The van der Waals surface area contributed by atoms with Crippen molar-refractivity contribution in [3.8, 4) is 0 Å². The summed E-state index contributed by atoms with van der Waals surface area (Å²) in [5.74, 6) is 0. The first-order valence-corrected chi connectivity index (χ1v) is 6.75. The Morgan fingerprint density at radius 2 is 2.11 bits per heavy atom. The lowest BCUT2D eigenvalue weighted by atomic mass is 9.88. The molecule has 1 heterocycles. The minimum atomic E-state index is -0.801. The second kappa shape index (κ2) is 5.83. The summed E-state index contributed by atoms with van der Waals surface area (Å²) >= 11 is 0. The van der Waals surface area contributed by atoms with Crippen LogP contribution in [0.1, 0.15) is 31.4 Å². The van der Waals surface area contributed by atoms with Crippen LogP contribution >= 0.6 is 0 Å². The molecule has 0 aromatic heterocycles. The normalized spacial score (nSPS) is 23.6. The standard InChI is InChI=1S/C15H23NO2/c1-3-12-4-6-13(7-5-12)15(2,17)10-14-11-18-9-8-16-14/h4-7,14,16-17H,3,8-11H2,1-2H3. The molecule has 0 aliphatic carbocycles.